The molecular formula is C10H7N3S. The van der Waals surface area contributed by atoms with Gasteiger partial charge in [-0.3, -0.25) is 0 Å². The summed E-state index contributed by atoms with van der Waals surface area (Å²) < 4.78 is 8.37. The quantitative estimate of drug-likeness (QED) is 0.568. The SMILES string of the molecule is Nc1cccc2cc3nsnc3cc12. The van der Waals surface area contributed by atoms with E-state index in [1.54, 1.807) is 0 Å². The highest BCUT2D eigenvalue weighted by Gasteiger charge is 2.02. The van der Waals surface area contributed by atoms with Crippen molar-refractivity contribution in [2.45, 2.75) is 0 Å². The first kappa shape index (κ1) is 7.70. The molecule has 0 aliphatic carbocycles. The fourth-order valence-corrected chi connectivity index (χ4v) is 2.09. The monoisotopic (exact) mass is 201 g/mol. The van der Waals surface area contributed by atoms with Crippen molar-refractivity contribution >= 4 is 39.2 Å². The number of anilines is 1. The molecule has 0 aliphatic heterocycles. The fourth-order valence-electron chi connectivity index (χ4n) is 1.58. The number of nitrogens with two attached hydrogens (primary N) is 1. The number of nitrogens with zero attached hydrogens (tertiary/aromatic N) is 2. The van der Waals surface area contributed by atoms with Crippen LogP contribution in [0.5, 0.6) is 0 Å². The van der Waals surface area contributed by atoms with Crippen LogP contribution in [0.4, 0.5) is 5.69 Å². The van der Waals surface area contributed by atoms with E-state index < -0.39 is 0 Å². The molecule has 0 fully saturated rings. The van der Waals surface area contributed by atoms with Crippen molar-refractivity contribution in [3.63, 3.8) is 0 Å². The molecule has 0 atom stereocenters. The lowest BCUT2D eigenvalue weighted by atomic mass is 10.1. The molecule has 0 unspecified atom stereocenters. The van der Waals surface area contributed by atoms with Gasteiger partial charge in [0.25, 0.3) is 0 Å². The number of hydrogen-bond donors (Lipinski definition) is 1. The number of hydrogen-bond acceptors (Lipinski definition) is 4. The van der Waals surface area contributed by atoms with Crippen LogP contribution in [0.1, 0.15) is 0 Å². The van der Waals surface area contributed by atoms with Gasteiger partial charge >= 0.3 is 0 Å². The molecule has 0 amide bonds. The highest BCUT2D eigenvalue weighted by Crippen LogP contribution is 2.25. The van der Waals surface area contributed by atoms with E-state index in [9.17, 15) is 0 Å². The lowest BCUT2D eigenvalue weighted by Gasteiger charge is -2.00. The minimum atomic E-state index is 0.789. The molecule has 3 rings (SSSR count). The molecule has 0 spiro atoms. The van der Waals surface area contributed by atoms with Gasteiger partial charge < -0.3 is 5.73 Å². The van der Waals surface area contributed by atoms with Crippen molar-refractivity contribution in [2.75, 3.05) is 5.73 Å². The first-order valence-electron chi connectivity index (χ1n) is 4.25. The number of fused-ring (bicyclic) bond motifs is 2. The topological polar surface area (TPSA) is 51.8 Å². The van der Waals surface area contributed by atoms with Crippen LogP contribution < -0.4 is 5.73 Å². The van der Waals surface area contributed by atoms with Gasteiger partial charge in [0.2, 0.25) is 0 Å². The van der Waals surface area contributed by atoms with Crippen molar-refractivity contribution in [3.8, 4) is 0 Å². The van der Waals surface area contributed by atoms with Gasteiger partial charge in [0.15, 0.2) is 0 Å². The molecule has 1 aromatic heterocycles. The van der Waals surface area contributed by atoms with Gasteiger partial charge in [0.05, 0.1) is 11.7 Å². The second kappa shape index (κ2) is 2.65. The van der Waals surface area contributed by atoms with Crippen LogP contribution in [0.3, 0.4) is 0 Å². The molecular weight excluding hydrogens is 194 g/mol. The van der Waals surface area contributed by atoms with Crippen molar-refractivity contribution in [1.29, 1.82) is 0 Å². The Morgan fingerprint density at radius 3 is 2.71 bits per heavy atom. The maximum atomic E-state index is 5.87. The maximum Gasteiger partial charge on any atom is 0.105 e. The third-order valence-electron chi connectivity index (χ3n) is 2.29. The van der Waals surface area contributed by atoms with Crippen molar-refractivity contribution < 1.29 is 0 Å². The van der Waals surface area contributed by atoms with Crippen molar-refractivity contribution in [2.24, 2.45) is 0 Å². The number of nitrogen functional groups attached to an aromatic ring is 1. The van der Waals surface area contributed by atoms with E-state index in [0.717, 1.165) is 27.5 Å². The highest BCUT2D eigenvalue weighted by molar-refractivity contribution is 7.00. The average molecular weight is 201 g/mol. The summed E-state index contributed by atoms with van der Waals surface area (Å²) in [5.74, 6) is 0. The molecule has 0 aliphatic rings. The zero-order valence-electron chi connectivity index (χ0n) is 7.27. The number of aromatic nitrogens is 2. The minimum absolute atomic E-state index is 0.789. The van der Waals surface area contributed by atoms with E-state index in [1.807, 2.05) is 30.3 Å². The first-order valence-corrected chi connectivity index (χ1v) is 4.98. The average Bonchev–Trinajstić information content (AvgIpc) is 2.62. The van der Waals surface area contributed by atoms with E-state index in [4.69, 9.17) is 5.73 Å². The Kier molecular flexibility index (Phi) is 1.46. The van der Waals surface area contributed by atoms with Gasteiger partial charge in [-0.2, -0.15) is 8.75 Å². The Balaban J connectivity index is 2.57. The lowest BCUT2D eigenvalue weighted by molar-refractivity contribution is 1.66. The minimum Gasteiger partial charge on any atom is -0.398 e. The van der Waals surface area contributed by atoms with E-state index in [1.165, 1.54) is 11.7 Å². The summed E-state index contributed by atoms with van der Waals surface area (Å²) in [5, 5.41) is 2.16. The van der Waals surface area contributed by atoms with Crippen LogP contribution in [-0.2, 0) is 0 Å². The summed E-state index contributed by atoms with van der Waals surface area (Å²) in [5.41, 5.74) is 8.52. The molecule has 4 heteroatoms. The molecule has 68 valence electrons. The van der Waals surface area contributed by atoms with Crippen LogP contribution in [0, 0.1) is 0 Å². The van der Waals surface area contributed by atoms with Gasteiger partial charge in [-0.1, -0.05) is 12.1 Å². The van der Waals surface area contributed by atoms with Crippen LogP contribution in [0.25, 0.3) is 21.8 Å². The molecule has 2 aromatic carbocycles. The van der Waals surface area contributed by atoms with Crippen LogP contribution in [0.15, 0.2) is 30.3 Å². The number of rotatable bonds is 0. The van der Waals surface area contributed by atoms with Crippen molar-refractivity contribution in [1.82, 2.24) is 8.75 Å². The summed E-state index contributed by atoms with van der Waals surface area (Å²) in [4.78, 5) is 0. The van der Waals surface area contributed by atoms with Gasteiger partial charge in [-0.25, -0.2) is 0 Å². The molecule has 0 saturated heterocycles. The molecule has 3 nitrogen and oxygen atoms in total. The summed E-state index contributed by atoms with van der Waals surface area (Å²) in [6.45, 7) is 0. The van der Waals surface area contributed by atoms with Crippen LogP contribution in [0.2, 0.25) is 0 Å². The Morgan fingerprint density at radius 1 is 1.07 bits per heavy atom. The van der Waals surface area contributed by atoms with Crippen molar-refractivity contribution in [3.05, 3.63) is 30.3 Å². The standard InChI is InChI=1S/C10H7N3S/c11-8-3-1-2-6-4-9-10(5-7(6)8)13-14-12-9/h1-5H,11H2. The zero-order chi connectivity index (χ0) is 9.54. The maximum absolute atomic E-state index is 5.87. The summed E-state index contributed by atoms with van der Waals surface area (Å²) in [6, 6.07) is 9.88. The van der Waals surface area contributed by atoms with Gasteiger partial charge in [-0.15, -0.1) is 0 Å². The van der Waals surface area contributed by atoms with E-state index >= 15 is 0 Å². The highest BCUT2D eigenvalue weighted by atomic mass is 32.1. The zero-order valence-corrected chi connectivity index (χ0v) is 8.08. The largest absolute Gasteiger partial charge is 0.398 e. The Morgan fingerprint density at radius 2 is 1.86 bits per heavy atom. The lowest BCUT2D eigenvalue weighted by Crippen LogP contribution is -1.86. The second-order valence-corrected chi connectivity index (χ2v) is 3.70. The summed E-state index contributed by atoms with van der Waals surface area (Å²) >= 11 is 1.23. The molecule has 1 heterocycles. The van der Waals surface area contributed by atoms with E-state index in [-0.39, 0.29) is 0 Å². The third-order valence-corrected chi connectivity index (χ3v) is 2.84. The van der Waals surface area contributed by atoms with E-state index in [2.05, 4.69) is 8.75 Å². The van der Waals surface area contributed by atoms with Gasteiger partial charge in [-0.05, 0) is 23.6 Å². The van der Waals surface area contributed by atoms with Gasteiger partial charge in [0, 0.05) is 11.1 Å². The molecule has 2 N–H and O–H groups in total. The summed E-state index contributed by atoms with van der Waals surface area (Å²) in [6.07, 6.45) is 0. The smallest absolute Gasteiger partial charge is 0.105 e. The normalized spacial score (nSPS) is 11.1. The predicted molar refractivity (Wildman–Crippen MR) is 59.3 cm³/mol. The fraction of sp³-hybridized carbons (Fsp3) is 0. The molecule has 0 saturated carbocycles. The van der Waals surface area contributed by atoms with Crippen LogP contribution in [-0.4, -0.2) is 8.75 Å². The van der Waals surface area contributed by atoms with Crippen LogP contribution >= 0.6 is 11.7 Å². The summed E-state index contributed by atoms with van der Waals surface area (Å²) in [7, 11) is 0. The Labute approximate surface area is 84.5 Å². The first-order chi connectivity index (χ1) is 6.84. The third kappa shape index (κ3) is 0.975. The molecule has 0 bridgehead atoms. The Hall–Kier alpha value is -1.68. The second-order valence-electron chi connectivity index (χ2n) is 3.17. The van der Waals surface area contributed by atoms with Gasteiger partial charge in [0.1, 0.15) is 11.0 Å². The predicted octanol–water partition coefficient (Wildman–Crippen LogP) is 2.43. The van der Waals surface area contributed by atoms with E-state index in [0.29, 0.717) is 0 Å². The Bertz CT molecular complexity index is 615. The molecule has 14 heavy (non-hydrogen) atoms. The number of benzene rings is 2. The molecule has 3 aromatic rings. The molecule has 0 radical (unpaired) electrons.